The van der Waals surface area contributed by atoms with E-state index >= 15 is 0 Å². The standard InChI is InChI=1S/C13H15BrN2O2S/c1-17-9-4-3-5-10(18-2)12(9)13(16-15)11-6-8(14)7-19-11/h3-7,13,16H,15H2,1-2H3. The van der Waals surface area contributed by atoms with E-state index in [0.717, 1.165) is 26.4 Å². The number of benzene rings is 1. The molecule has 1 atom stereocenters. The van der Waals surface area contributed by atoms with Crippen LogP contribution < -0.4 is 20.7 Å². The summed E-state index contributed by atoms with van der Waals surface area (Å²) in [5.41, 5.74) is 3.72. The van der Waals surface area contributed by atoms with Crippen LogP contribution in [0.5, 0.6) is 11.5 Å². The number of hydrazine groups is 1. The summed E-state index contributed by atoms with van der Waals surface area (Å²) < 4.78 is 11.9. The molecule has 0 radical (unpaired) electrons. The zero-order chi connectivity index (χ0) is 13.8. The maximum absolute atomic E-state index is 5.72. The number of nitrogens with two attached hydrogens (primary N) is 1. The molecule has 0 saturated heterocycles. The van der Waals surface area contributed by atoms with Crippen molar-refractivity contribution in [3.63, 3.8) is 0 Å². The Morgan fingerprint density at radius 1 is 1.26 bits per heavy atom. The summed E-state index contributed by atoms with van der Waals surface area (Å²) in [6.07, 6.45) is 0. The monoisotopic (exact) mass is 342 g/mol. The fourth-order valence-electron chi connectivity index (χ4n) is 1.95. The van der Waals surface area contributed by atoms with Crippen LogP contribution in [-0.2, 0) is 0 Å². The third-order valence-electron chi connectivity index (χ3n) is 2.79. The Balaban J connectivity index is 2.53. The molecule has 102 valence electrons. The average molecular weight is 343 g/mol. The molecule has 1 heterocycles. The normalized spacial score (nSPS) is 12.2. The summed E-state index contributed by atoms with van der Waals surface area (Å²) in [5, 5.41) is 2.02. The molecule has 1 unspecified atom stereocenters. The second-order valence-electron chi connectivity index (χ2n) is 3.84. The first-order chi connectivity index (χ1) is 9.21. The maximum Gasteiger partial charge on any atom is 0.127 e. The van der Waals surface area contributed by atoms with Crippen molar-refractivity contribution in [2.75, 3.05) is 14.2 Å². The molecular formula is C13H15BrN2O2S. The van der Waals surface area contributed by atoms with Gasteiger partial charge in [-0.1, -0.05) is 6.07 Å². The first kappa shape index (κ1) is 14.3. The highest BCUT2D eigenvalue weighted by atomic mass is 79.9. The Bertz CT molecular complexity index is 537. The highest BCUT2D eigenvalue weighted by Crippen LogP contribution is 2.39. The van der Waals surface area contributed by atoms with Gasteiger partial charge in [-0.25, -0.2) is 5.43 Å². The SMILES string of the molecule is COc1cccc(OC)c1C(NN)c1cc(Br)cs1. The number of rotatable bonds is 5. The molecule has 2 aromatic rings. The van der Waals surface area contributed by atoms with Crippen LogP contribution in [0, 0.1) is 0 Å². The summed E-state index contributed by atoms with van der Waals surface area (Å²) in [6.45, 7) is 0. The Hall–Kier alpha value is -1.08. The molecule has 1 aromatic heterocycles. The van der Waals surface area contributed by atoms with Crippen LogP contribution in [0.2, 0.25) is 0 Å². The highest BCUT2D eigenvalue weighted by molar-refractivity contribution is 9.10. The van der Waals surface area contributed by atoms with Gasteiger partial charge in [-0.3, -0.25) is 5.84 Å². The quantitative estimate of drug-likeness (QED) is 0.647. The van der Waals surface area contributed by atoms with Gasteiger partial charge in [0.25, 0.3) is 0 Å². The summed E-state index contributed by atoms with van der Waals surface area (Å²) in [6, 6.07) is 7.53. The van der Waals surface area contributed by atoms with Crippen LogP contribution in [0.3, 0.4) is 0 Å². The van der Waals surface area contributed by atoms with Crippen LogP contribution in [0.25, 0.3) is 0 Å². The minimum atomic E-state index is -0.178. The molecule has 3 N–H and O–H groups in total. The molecule has 0 amide bonds. The van der Waals surface area contributed by atoms with Crippen molar-refractivity contribution in [1.82, 2.24) is 5.43 Å². The highest BCUT2D eigenvalue weighted by Gasteiger charge is 2.22. The van der Waals surface area contributed by atoms with Gasteiger partial charge < -0.3 is 9.47 Å². The number of hydrogen-bond acceptors (Lipinski definition) is 5. The van der Waals surface area contributed by atoms with E-state index < -0.39 is 0 Å². The van der Waals surface area contributed by atoms with Crippen molar-refractivity contribution in [2.45, 2.75) is 6.04 Å². The summed E-state index contributed by atoms with van der Waals surface area (Å²) in [5.74, 6) is 7.21. The van der Waals surface area contributed by atoms with Gasteiger partial charge in [0.15, 0.2) is 0 Å². The second kappa shape index (κ2) is 6.38. The molecule has 4 nitrogen and oxygen atoms in total. The number of methoxy groups -OCH3 is 2. The average Bonchev–Trinajstić information content (AvgIpc) is 2.86. The van der Waals surface area contributed by atoms with E-state index in [2.05, 4.69) is 21.4 Å². The van der Waals surface area contributed by atoms with E-state index in [9.17, 15) is 0 Å². The lowest BCUT2D eigenvalue weighted by molar-refractivity contribution is 0.377. The van der Waals surface area contributed by atoms with E-state index in [-0.39, 0.29) is 6.04 Å². The molecule has 0 fully saturated rings. The lowest BCUT2D eigenvalue weighted by atomic mass is 10.0. The molecule has 6 heteroatoms. The van der Waals surface area contributed by atoms with Crippen LogP contribution in [0.1, 0.15) is 16.5 Å². The lowest BCUT2D eigenvalue weighted by Crippen LogP contribution is -2.29. The van der Waals surface area contributed by atoms with Crippen LogP contribution in [0.15, 0.2) is 34.1 Å². The van der Waals surface area contributed by atoms with Gasteiger partial charge in [0, 0.05) is 14.7 Å². The van der Waals surface area contributed by atoms with Gasteiger partial charge in [0.1, 0.15) is 11.5 Å². The molecule has 1 aromatic carbocycles. The molecule has 0 bridgehead atoms. The molecule has 19 heavy (non-hydrogen) atoms. The number of halogens is 1. The molecule has 0 saturated carbocycles. The first-order valence-corrected chi connectivity index (χ1v) is 7.29. The lowest BCUT2D eigenvalue weighted by Gasteiger charge is -2.20. The van der Waals surface area contributed by atoms with Gasteiger partial charge in [-0.15, -0.1) is 11.3 Å². The van der Waals surface area contributed by atoms with E-state index in [1.54, 1.807) is 25.6 Å². The summed E-state index contributed by atoms with van der Waals surface area (Å²) in [7, 11) is 3.27. The Morgan fingerprint density at radius 3 is 2.32 bits per heavy atom. The minimum Gasteiger partial charge on any atom is -0.496 e. The van der Waals surface area contributed by atoms with Crippen molar-refractivity contribution in [1.29, 1.82) is 0 Å². The van der Waals surface area contributed by atoms with Crippen LogP contribution in [0.4, 0.5) is 0 Å². The molecule has 2 rings (SSSR count). The first-order valence-electron chi connectivity index (χ1n) is 5.62. The number of hydrogen-bond donors (Lipinski definition) is 2. The van der Waals surface area contributed by atoms with Crippen LogP contribution >= 0.6 is 27.3 Å². The van der Waals surface area contributed by atoms with E-state index in [1.807, 2.05) is 29.6 Å². The number of nitrogens with one attached hydrogen (secondary N) is 1. The fraction of sp³-hybridized carbons (Fsp3) is 0.231. The third kappa shape index (κ3) is 2.92. The molecule has 0 aliphatic rings. The van der Waals surface area contributed by atoms with E-state index in [1.165, 1.54) is 0 Å². The Labute approximate surface area is 124 Å². The predicted octanol–water partition coefficient (Wildman–Crippen LogP) is 3.08. The van der Waals surface area contributed by atoms with Gasteiger partial charge in [0.05, 0.1) is 25.8 Å². The largest absolute Gasteiger partial charge is 0.496 e. The van der Waals surface area contributed by atoms with Crippen molar-refractivity contribution in [3.8, 4) is 11.5 Å². The van der Waals surface area contributed by atoms with Crippen LogP contribution in [-0.4, -0.2) is 14.2 Å². The number of ether oxygens (including phenoxy) is 2. The topological polar surface area (TPSA) is 56.5 Å². The van der Waals surface area contributed by atoms with E-state index in [0.29, 0.717) is 0 Å². The van der Waals surface area contributed by atoms with Gasteiger partial charge >= 0.3 is 0 Å². The summed E-state index contributed by atoms with van der Waals surface area (Å²) >= 11 is 5.07. The second-order valence-corrected chi connectivity index (χ2v) is 5.70. The van der Waals surface area contributed by atoms with E-state index in [4.69, 9.17) is 15.3 Å². The zero-order valence-electron chi connectivity index (χ0n) is 10.6. The maximum atomic E-state index is 5.72. The zero-order valence-corrected chi connectivity index (χ0v) is 13.0. The Kier molecular flexibility index (Phi) is 4.81. The van der Waals surface area contributed by atoms with Gasteiger partial charge in [0.2, 0.25) is 0 Å². The third-order valence-corrected chi connectivity index (χ3v) is 4.55. The molecule has 0 spiro atoms. The minimum absolute atomic E-state index is 0.178. The molecular weight excluding hydrogens is 328 g/mol. The smallest absolute Gasteiger partial charge is 0.127 e. The van der Waals surface area contributed by atoms with Crippen molar-refractivity contribution < 1.29 is 9.47 Å². The van der Waals surface area contributed by atoms with Gasteiger partial charge in [-0.2, -0.15) is 0 Å². The summed E-state index contributed by atoms with van der Waals surface area (Å²) in [4.78, 5) is 1.08. The van der Waals surface area contributed by atoms with Crippen molar-refractivity contribution in [3.05, 3.63) is 44.6 Å². The number of thiophene rings is 1. The predicted molar refractivity (Wildman–Crippen MR) is 80.7 cm³/mol. The fourth-order valence-corrected chi connectivity index (χ4v) is 3.46. The molecule has 0 aliphatic heterocycles. The van der Waals surface area contributed by atoms with Gasteiger partial charge in [-0.05, 0) is 34.1 Å². The van der Waals surface area contributed by atoms with Crippen molar-refractivity contribution in [2.24, 2.45) is 5.84 Å². The molecule has 0 aliphatic carbocycles. The van der Waals surface area contributed by atoms with Crippen molar-refractivity contribution >= 4 is 27.3 Å². The Morgan fingerprint density at radius 2 is 1.89 bits per heavy atom.